The minimum absolute atomic E-state index is 0.165. The zero-order valence-corrected chi connectivity index (χ0v) is 13.7. The minimum Gasteiger partial charge on any atom is -0.306 e. The van der Waals surface area contributed by atoms with Gasteiger partial charge in [0.15, 0.2) is 0 Å². The number of aryl methyl sites for hydroxylation is 2. The van der Waals surface area contributed by atoms with Gasteiger partial charge in [-0.3, -0.25) is 4.79 Å². The quantitative estimate of drug-likeness (QED) is 0.830. The summed E-state index contributed by atoms with van der Waals surface area (Å²) in [7, 11) is 0. The first-order valence-electron chi connectivity index (χ1n) is 5.66. The summed E-state index contributed by atoms with van der Waals surface area (Å²) in [5.41, 5.74) is 2.55. The first-order valence-corrected chi connectivity index (χ1v) is 7.25. The molecule has 2 aromatic rings. The first-order chi connectivity index (χ1) is 8.95. The molecule has 0 aliphatic rings. The molecule has 1 amide bonds. The van der Waals surface area contributed by atoms with E-state index in [0.717, 1.165) is 20.1 Å². The van der Waals surface area contributed by atoms with Crippen LogP contribution in [-0.2, 0) is 0 Å². The van der Waals surface area contributed by atoms with Gasteiger partial charge in [0, 0.05) is 20.7 Å². The second kappa shape index (κ2) is 5.84. The van der Waals surface area contributed by atoms with Crippen LogP contribution < -0.4 is 5.32 Å². The predicted molar refractivity (Wildman–Crippen MR) is 83.5 cm³/mol. The highest BCUT2D eigenvalue weighted by atomic mass is 79.9. The lowest BCUT2D eigenvalue weighted by atomic mass is 10.1. The Balaban J connectivity index is 2.25. The van der Waals surface area contributed by atoms with Gasteiger partial charge in [0.1, 0.15) is 5.82 Å². The molecule has 0 saturated carbocycles. The van der Waals surface area contributed by atoms with Gasteiger partial charge < -0.3 is 5.32 Å². The van der Waals surface area contributed by atoms with Crippen molar-refractivity contribution in [3.63, 3.8) is 0 Å². The van der Waals surface area contributed by atoms with Gasteiger partial charge in [-0.1, -0.05) is 15.9 Å². The number of carbonyl (C=O) groups is 1. The van der Waals surface area contributed by atoms with Crippen LogP contribution in [0.4, 0.5) is 5.82 Å². The third-order valence-corrected chi connectivity index (χ3v) is 3.47. The Hall–Kier alpha value is -1.20. The van der Waals surface area contributed by atoms with Gasteiger partial charge in [-0.15, -0.1) is 0 Å². The Bertz CT molecular complexity index is 621. The number of anilines is 1. The second-order valence-electron chi connectivity index (χ2n) is 4.29. The lowest BCUT2D eigenvalue weighted by Crippen LogP contribution is -2.14. The van der Waals surface area contributed by atoms with Crippen molar-refractivity contribution in [2.75, 3.05) is 5.32 Å². The molecule has 0 aliphatic carbocycles. The zero-order chi connectivity index (χ0) is 14.0. The molecule has 1 heterocycles. The van der Waals surface area contributed by atoms with Gasteiger partial charge in [0.25, 0.3) is 5.91 Å². The van der Waals surface area contributed by atoms with Crippen molar-refractivity contribution in [3.05, 3.63) is 56.1 Å². The van der Waals surface area contributed by atoms with Crippen molar-refractivity contribution in [3.8, 4) is 0 Å². The first kappa shape index (κ1) is 14.2. The number of rotatable bonds is 2. The third-order valence-electron chi connectivity index (χ3n) is 2.58. The van der Waals surface area contributed by atoms with Crippen LogP contribution in [0.3, 0.4) is 0 Å². The SMILES string of the molecule is Cc1cc(Br)cc(C(=O)Nc2ncc(Br)cc2C)c1. The molecule has 0 fully saturated rings. The standard InChI is InChI=1S/C14H12Br2N2O/c1-8-3-10(6-11(15)4-8)14(19)18-13-9(2)5-12(16)7-17-13/h3-7H,1-2H3,(H,17,18,19). The van der Waals surface area contributed by atoms with Gasteiger partial charge in [-0.2, -0.15) is 0 Å². The molecule has 0 bridgehead atoms. The minimum atomic E-state index is -0.165. The summed E-state index contributed by atoms with van der Waals surface area (Å²) in [5.74, 6) is 0.410. The van der Waals surface area contributed by atoms with Crippen LogP contribution in [0.2, 0.25) is 0 Å². The fraction of sp³-hybridized carbons (Fsp3) is 0.143. The highest BCUT2D eigenvalue weighted by Gasteiger charge is 2.10. The lowest BCUT2D eigenvalue weighted by Gasteiger charge is -2.08. The van der Waals surface area contributed by atoms with Gasteiger partial charge >= 0.3 is 0 Å². The second-order valence-corrected chi connectivity index (χ2v) is 6.12. The van der Waals surface area contributed by atoms with E-state index in [9.17, 15) is 4.79 Å². The Morgan fingerprint density at radius 3 is 2.47 bits per heavy atom. The number of hydrogen-bond acceptors (Lipinski definition) is 2. The highest BCUT2D eigenvalue weighted by molar-refractivity contribution is 9.10. The number of benzene rings is 1. The van der Waals surface area contributed by atoms with Crippen LogP contribution in [0.15, 0.2) is 39.4 Å². The Kier molecular flexibility index (Phi) is 4.37. The number of halogens is 2. The topological polar surface area (TPSA) is 42.0 Å². The van der Waals surface area contributed by atoms with Crippen molar-refractivity contribution < 1.29 is 4.79 Å². The molecular weight excluding hydrogens is 372 g/mol. The molecule has 1 aromatic carbocycles. The molecule has 2 rings (SSSR count). The number of aromatic nitrogens is 1. The van der Waals surface area contributed by atoms with Crippen LogP contribution in [-0.4, -0.2) is 10.9 Å². The zero-order valence-electron chi connectivity index (χ0n) is 10.5. The third kappa shape index (κ3) is 3.64. The van der Waals surface area contributed by atoms with E-state index in [-0.39, 0.29) is 5.91 Å². The van der Waals surface area contributed by atoms with Crippen LogP contribution in [0.5, 0.6) is 0 Å². The van der Waals surface area contributed by atoms with E-state index >= 15 is 0 Å². The normalized spacial score (nSPS) is 10.3. The van der Waals surface area contributed by atoms with Gasteiger partial charge in [-0.25, -0.2) is 4.98 Å². The Labute approximate surface area is 128 Å². The predicted octanol–water partition coefficient (Wildman–Crippen LogP) is 4.48. The van der Waals surface area contributed by atoms with Crippen LogP contribution in [0.25, 0.3) is 0 Å². The fourth-order valence-electron chi connectivity index (χ4n) is 1.72. The Morgan fingerprint density at radius 1 is 1.11 bits per heavy atom. The van der Waals surface area contributed by atoms with E-state index < -0.39 is 0 Å². The van der Waals surface area contributed by atoms with Crippen molar-refractivity contribution in [1.82, 2.24) is 4.98 Å². The summed E-state index contributed by atoms with van der Waals surface area (Å²) in [5, 5.41) is 2.82. The molecule has 0 atom stereocenters. The number of pyridine rings is 1. The summed E-state index contributed by atoms with van der Waals surface area (Å²) in [6.07, 6.45) is 1.66. The summed E-state index contributed by atoms with van der Waals surface area (Å²) < 4.78 is 1.78. The maximum Gasteiger partial charge on any atom is 0.256 e. The summed E-state index contributed by atoms with van der Waals surface area (Å²) in [6.45, 7) is 3.85. The monoisotopic (exact) mass is 382 g/mol. The van der Waals surface area contributed by atoms with Crippen molar-refractivity contribution >= 4 is 43.6 Å². The number of hydrogen-bond donors (Lipinski definition) is 1. The average molecular weight is 384 g/mol. The van der Waals surface area contributed by atoms with Gasteiger partial charge in [-0.05, 0) is 65.2 Å². The van der Waals surface area contributed by atoms with Gasteiger partial charge in [0.2, 0.25) is 0 Å². The molecule has 1 N–H and O–H groups in total. The molecule has 1 aromatic heterocycles. The molecule has 5 heteroatoms. The molecule has 0 saturated heterocycles. The van der Waals surface area contributed by atoms with Crippen molar-refractivity contribution in [2.24, 2.45) is 0 Å². The number of nitrogens with one attached hydrogen (secondary N) is 1. The van der Waals surface area contributed by atoms with E-state index in [1.165, 1.54) is 0 Å². The molecule has 0 unspecified atom stereocenters. The highest BCUT2D eigenvalue weighted by Crippen LogP contribution is 2.19. The smallest absolute Gasteiger partial charge is 0.256 e. The molecule has 0 aliphatic heterocycles. The largest absolute Gasteiger partial charge is 0.306 e. The number of amides is 1. The van der Waals surface area contributed by atoms with Crippen molar-refractivity contribution in [1.29, 1.82) is 0 Å². The van der Waals surface area contributed by atoms with Crippen LogP contribution in [0.1, 0.15) is 21.5 Å². The van der Waals surface area contributed by atoms with E-state index in [2.05, 4.69) is 42.2 Å². The van der Waals surface area contributed by atoms with Crippen LogP contribution in [0, 0.1) is 13.8 Å². The lowest BCUT2D eigenvalue weighted by molar-refractivity contribution is 0.102. The van der Waals surface area contributed by atoms with E-state index in [0.29, 0.717) is 11.4 Å². The van der Waals surface area contributed by atoms with E-state index in [1.807, 2.05) is 32.0 Å². The molecule has 0 radical (unpaired) electrons. The summed E-state index contributed by atoms with van der Waals surface area (Å²) in [4.78, 5) is 16.4. The fourth-order valence-corrected chi connectivity index (χ4v) is 2.77. The maximum atomic E-state index is 12.2. The van der Waals surface area contributed by atoms with E-state index in [4.69, 9.17) is 0 Å². The van der Waals surface area contributed by atoms with E-state index in [1.54, 1.807) is 12.3 Å². The summed E-state index contributed by atoms with van der Waals surface area (Å²) in [6, 6.07) is 7.50. The van der Waals surface area contributed by atoms with Crippen molar-refractivity contribution in [2.45, 2.75) is 13.8 Å². The maximum absolute atomic E-state index is 12.2. The molecule has 19 heavy (non-hydrogen) atoms. The molecular formula is C14H12Br2N2O. The molecule has 3 nitrogen and oxygen atoms in total. The van der Waals surface area contributed by atoms with Gasteiger partial charge in [0.05, 0.1) is 0 Å². The molecule has 98 valence electrons. The average Bonchev–Trinajstić information content (AvgIpc) is 2.31. The number of carbonyl (C=O) groups excluding carboxylic acids is 1. The molecule has 0 spiro atoms. The number of nitrogens with zero attached hydrogens (tertiary/aromatic N) is 1. The Morgan fingerprint density at radius 2 is 1.84 bits per heavy atom. The summed E-state index contributed by atoms with van der Waals surface area (Å²) >= 11 is 6.73. The van der Waals surface area contributed by atoms with Crippen LogP contribution >= 0.6 is 31.9 Å².